The molecule has 6 aliphatic heterocycles. The van der Waals surface area contributed by atoms with Crippen molar-refractivity contribution in [2.45, 2.75) is 251 Å². The lowest BCUT2D eigenvalue weighted by atomic mass is 9.47. The average molecular weight is 1210 g/mol. The Hall–Kier alpha value is -1.38. The van der Waals surface area contributed by atoms with Gasteiger partial charge in [0.25, 0.3) is 0 Å². The molecule has 0 amide bonds. The Morgan fingerprint density at radius 3 is 1.81 bits per heavy atom. The minimum atomic E-state index is -2.03. The highest BCUT2D eigenvalue weighted by atomic mass is 16.8. The van der Waals surface area contributed by atoms with E-state index in [0.29, 0.717) is 43.4 Å². The van der Waals surface area contributed by atoms with Crippen LogP contribution in [0.25, 0.3) is 0 Å². The fourth-order valence-corrected chi connectivity index (χ4v) is 16.2. The van der Waals surface area contributed by atoms with Gasteiger partial charge in [-0.2, -0.15) is 0 Å². The molecule has 17 N–H and O–H groups in total. The van der Waals surface area contributed by atoms with Crippen LogP contribution in [0.1, 0.15) is 85.5 Å². The van der Waals surface area contributed by atoms with Crippen LogP contribution in [0.5, 0.6) is 0 Å². The van der Waals surface area contributed by atoms with E-state index in [9.17, 15) is 86.8 Å². The summed E-state index contributed by atoms with van der Waals surface area (Å²) in [5.74, 6) is -0.410. The quantitative estimate of drug-likeness (QED) is 0.0569. The van der Waals surface area contributed by atoms with Crippen LogP contribution in [0, 0.1) is 46.3 Å². The van der Waals surface area contributed by atoms with Crippen molar-refractivity contribution in [3.05, 3.63) is 11.6 Å². The molecule has 9 fully saturated rings. The van der Waals surface area contributed by atoms with E-state index in [1.54, 1.807) is 0 Å². The number of aliphatic hydroxyl groups excluding tert-OH is 16. The fraction of sp³-hybridized carbons (Fsp3) is 0.964. The molecule has 0 aromatic heterocycles. The maximum absolute atomic E-state index is 12.1. The molecule has 0 spiro atoms. The third-order valence-corrected chi connectivity index (χ3v) is 21.3. The van der Waals surface area contributed by atoms with E-state index >= 15 is 0 Å². The van der Waals surface area contributed by atoms with Gasteiger partial charge in [-0.3, -0.25) is 0 Å². The molecule has 6 heterocycles. The van der Waals surface area contributed by atoms with Crippen molar-refractivity contribution in [2.75, 3.05) is 39.6 Å². The second-order valence-corrected chi connectivity index (χ2v) is 26.2. The molecule has 0 bridgehead atoms. The van der Waals surface area contributed by atoms with E-state index in [2.05, 4.69) is 26.8 Å². The lowest BCUT2D eigenvalue weighted by molar-refractivity contribution is -0.403. The van der Waals surface area contributed by atoms with Crippen molar-refractivity contribution in [3.8, 4) is 0 Å². The summed E-state index contributed by atoms with van der Waals surface area (Å²) in [5.41, 5.74) is 0.974. The molecule has 3 saturated carbocycles. The zero-order valence-electron chi connectivity index (χ0n) is 47.8. The van der Waals surface area contributed by atoms with Crippen LogP contribution in [0.4, 0.5) is 0 Å². The Balaban J connectivity index is 0.772. The Kier molecular flexibility index (Phi) is 20.4. The van der Waals surface area contributed by atoms with E-state index < -0.39 is 192 Å². The second-order valence-electron chi connectivity index (χ2n) is 26.2. The highest BCUT2D eigenvalue weighted by Gasteiger charge is 2.68. The summed E-state index contributed by atoms with van der Waals surface area (Å²) in [6.45, 7) is 5.17. The van der Waals surface area contributed by atoms with Gasteiger partial charge in [0.2, 0.25) is 0 Å². The van der Waals surface area contributed by atoms with Crippen LogP contribution in [0.15, 0.2) is 11.6 Å². The highest BCUT2D eigenvalue weighted by molar-refractivity contribution is 5.26. The van der Waals surface area contributed by atoms with Crippen LogP contribution in [0.3, 0.4) is 0 Å². The van der Waals surface area contributed by atoms with Gasteiger partial charge < -0.3 is 139 Å². The summed E-state index contributed by atoms with van der Waals surface area (Å²) < 4.78 is 65.8. The number of ether oxygens (including phenoxy) is 11. The lowest BCUT2D eigenvalue weighted by Crippen LogP contribution is -2.68. The number of hydrogen-bond donors (Lipinski definition) is 17. The zero-order chi connectivity index (χ0) is 60.6. The molecule has 4 aliphatic carbocycles. The summed E-state index contributed by atoms with van der Waals surface area (Å²) in [6, 6.07) is 0. The molecule has 10 aliphatic rings. The number of hydrogen-bond acceptors (Lipinski definition) is 28. The molecule has 0 aromatic rings. The maximum atomic E-state index is 12.1. The first-order chi connectivity index (χ1) is 39.8. The predicted octanol–water partition coefficient (Wildman–Crippen LogP) is -5.57. The van der Waals surface area contributed by atoms with Crippen molar-refractivity contribution < 1.29 is 139 Å². The summed E-state index contributed by atoms with van der Waals surface area (Å²) >= 11 is 0. The summed E-state index contributed by atoms with van der Waals surface area (Å²) in [7, 11) is 0. The maximum Gasteiger partial charge on any atom is 0.187 e. The third kappa shape index (κ3) is 12.0. The topological polar surface area (TPSA) is 445 Å². The second kappa shape index (κ2) is 26.1. The Bertz CT molecular complexity index is 2200. The van der Waals surface area contributed by atoms with Crippen LogP contribution in [-0.4, -0.2) is 292 Å². The Labute approximate surface area is 486 Å². The fourth-order valence-electron chi connectivity index (χ4n) is 16.2. The third-order valence-electron chi connectivity index (χ3n) is 21.3. The first-order valence-corrected chi connectivity index (χ1v) is 30.0. The predicted molar refractivity (Wildman–Crippen MR) is 278 cm³/mol. The van der Waals surface area contributed by atoms with Gasteiger partial charge >= 0.3 is 0 Å². The first-order valence-electron chi connectivity index (χ1n) is 30.0. The van der Waals surface area contributed by atoms with Crippen LogP contribution in [0.2, 0.25) is 0 Å². The molecule has 0 radical (unpaired) electrons. The minimum absolute atomic E-state index is 0.0857. The normalized spacial score (nSPS) is 54.4. The standard InChI is InChI=1S/C56H92O28/c1-21(19-74-49-43(70)39(66)36(63)30(15-57)77-49)7-12-56(73)22(2)34-29(84-56)14-27-25-6-5-23-13-24(8-10-54(23,3)26(25)9-11-55(27,34)4)76-51-45(72)41(68)46(33(18-60)80-51)81-53-48(83-52-44(71)40(67)37(64)31(16-58)78-52)47(38(65)32(17-59)79-53)82-50-42(69)35(62)28(61)20-75-50/h5,21-22,24-53,57-73H,6-20H2,1-4H3/t21?,22-,24-,25+,26-,27-,28-,29-,30+,31+,32+,33+,34-,35+,36+,37+,38+,39-,40-,41+,42-,43+,44+,45+,46+,47-,48+,49+,50-,51+,52-,53-,54-,55-,56?/m0/s1. The van der Waals surface area contributed by atoms with Crippen LogP contribution >= 0.6 is 0 Å². The molecule has 28 heteroatoms. The zero-order valence-corrected chi connectivity index (χ0v) is 47.8. The molecular weight excluding hydrogens is 1120 g/mol. The van der Waals surface area contributed by atoms with Crippen molar-refractivity contribution in [1.29, 1.82) is 0 Å². The van der Waals surface area contributed by atoms with Crippen molar-refractivity contribution in [2.24, 2.45) is 46.3 Å². The average Bonchev–Trinajstić information content (AvgIpc) is 2.08. The van der Waals surface area contributed by atoms with Gasteiger partial charge in [0.15, 0.2) is 37.2 Å². The number of allylic oxidation sites excluding steroid dienone is 1. The van der Waals surface area contributed by atoms with Crippen molar-refractivity contribution in [3.63, 3.8) is 0 Å². The molecule has 35 atom stereocenters. The van der Waals surface area contributed by atoms with E-state index in [1.165, 1.54) is 5.57 Å². The number of rotatable bonds is 18. The van der Waals surface area contributed by atoms with E-state index in [4.69, 9.17) is 52.1 Å². The number of fused-ring (bicyclic) bond motifs is 7. The molecule has 0 aromatic carbocycles. The van der Waals surface area contributed by atoms with E-state index in [1.807, 2.05) is 6.92 Å². The largest absolute Gasteiger partial charge is 0.394 e. The highest BCUT2D eigenvalue weighted by Crippen LogP contribution is 2.70. The molecule has 6 saturated heterocycles. The monoisotopic (exact) mass is 1210 g/mol. The van der Waals surface area contributed by atoms with Crippen LogP contribution < -0.4 is 0 Å². The smallest absolute Gasteiger partial charge is 0.187 e. The van der Waals surface area contributed by atoms with Gasteiger partial charge in [-0.1, -0.05) is 39.3 Å². The van der Waals surface area contributed by atoms with Crippen molar-refractivity contribution >= 4 is 0 Å². The Morgan fingerprint density at radius 1 is 0.583 bits per heavy atom. The molecule has 84 heavy (non-hydrogen) atoms. The first kappa shape index (κ1) is 65.6. The van der Waals surface area contributed by atoms with E-state index in [0.717, 1.165) is 32.1 Å². The van der Waals surface area contributed by atoms with Gasteiger partial charge in [0, 0.05) is 12.3 Å². The summed E-state index contributed by atoms with van der Waals surface area (Å²) in [6.07, 6.45) is -32.5. The minimum Gasteiger partial charge on any atom is -0.394 e. The van der Waals surface area contributed by atoms with Crippen molar-refractivity contribution in [1.82, 2.24) is 0 Å². The van der Waals surface area contributed by atoms with Gasteiger partial charge in [-0.05, 0) is 91.8 Å². The van der Waals surface area contributed by atoms with Crippen LogP contribution in [-0.2, 0) is 52.1 Å². The lowest BCUT2D eigenvalue weighted by Gasteiger charge is -2.58. The summed E-state index contributed by atoms with van der Waals surface area (Å²) in [4.78, 5) is 0. The summed E-state index contributed by atoms with van der Waals surface area (Å²) in [5, 5.41) is 182. The molecule has 484 valence electrons. The molecular formula is C56H92O28. The SMILES string of the molecule is CC(CCC1(O)O[C@H]2C[C@H]3[C@@H]4CC=C5C[C@@H](O[C@@H]6O[C@H](CO)[C@@H](O[C@@H]7O[C@H](CO)[C@@H](O)[C@H](O[C@@H]8OC[C@H](O)[C@@H](O)[C@@H]8O)[C@H]7O[C@@H]7O[C@H](CO)[C@@H](O)[C@H](O)[C@H]7O)[C@H](O)[C@H]6O)CC[C@]5(C)[C@H]4CC[C@]3(C)[C@H]2[C@@H]1C)CO[C@@H]1O[C@H](CO)[C@@H](O)[C@H](O)[C@H]1O. The van der Waals surface area contributed by atoms with Gasteiger partial charge in [-0.25, -0.2) is 0 Å². The molecule has 2 unspecified atom stereocenters. The van der Waals surface area contributed by atoms with Gasteiger partial charge in [0.05, 0.1) is 51.8 Å². The van der Waals surface area contributed by atoms with E-state index in [-0.39, 0.29) is 41.3 Å². The van der Waals surface area contributed by atoms with Gasteiger partial charge in [0.1, 0.15) is 116 Å². The van der Waals surface area contributed by atoms with Gasteiger partial charge in [-0.15, -0.1) is 0 Å². The number of aliphatic hydroxyl groups is 17. The Morgan fingerprint density at radius 2 is 1.14 bits per heavy atom. The molecule has 10 rings (SSSR count). The molecule has 28 nitrogen and oxygen atoms in total.